The van der Waals surface area contributed by atoms with Gasteiger partial charge in [-0.05, 0) is 39.4 Å². The number of imide groups is 1. The second-order valence-corrected chi connectivity index (χ2v) is 5.31. The van der Waals surface area contributed by atoms with E-state index in [0.717, 1.165) is 18.5 Å². The predicted molar refractivity (Wildman–Crippen MR) is 86.9 cm³/mol. The van der Waals surface area contributed by atoms with Crippen molar-refractivity contribution in [2.45, 2.75) is 26.3 Å². The fourth-order valence-corrected chi connectivity index (χ4v) is 1.87. The molecule has 0 aliphatic heterocycles. The van der Waals surface area contributed by atoms with Crippen LogP contribution in [0.15, 0.2) is 24.3 Å². The molecule has 6 nitrogen and oxygen atoms in total. The highest BCUT2D eigenvalue weighted by atomic mass is 16.5. The molecule has 6 heteroatoms. The molecule has 122 valence electrons. The highest BCUT2D eigenvalue weighted by Gasteiger charge is 2.19. The summed E-state index contributed by atoms with van der Waals surface area (Å²) in [5.41, 5.74) is 1.75. The number of hydrogen-bond acceptors (Lipinski definition) is 4. The first-order valence-corrected chi connectivity index (χ1v) is 7.31. The van der Waals surface area contributed by atoms with E-state index < -0.39 is 6.03 Å². The number of likely N-dealkylation sites (N-methyl/N-ethyl adjacent to an activating group) is 1. The van der Waals surface area contributed by atoms with E-state index in [1.54, 1.807) is 26.2 Å². The van der Waals surface area contributed by atoms with Crippen LogP contribution in [0.2, 0.25) is 0 Å². The summed E-state index contributed by atoms with van der Waals surface area (Å²) in [6.07, 6.45) is 0.834. The molecule has 0 saturated carbocycles. The van der Waals surface area contributed by atoms with E-state index in [1.807, 2.05) is 31.0 Å². The van der Waals surface area contributed by atoms with Crippen molar-refractivity contribution in [3.05, 3.63) is 29.8 Å². The van der Waals surface area contributed by atoms with Gasteiger partial charge in [-0.15, -0.1) is 0 Å². The van der Waals surface area contributed by atoms with Crippen molar-refractivity contribution < 1.29 is 14.3 Å². The summed E-state index contributed by atoms with van der Waals surface area (Å²) in [4.78, 5) is 25.7. The van der Waals surface area contributed by atoms with E-state index in [0.29, 0.717) is 12.3 Å². The zero-order chi connectivity index (χ0) is 16.5. The third-order valence-corrected chi connectivity index (χ3v) is 3.45. The van der Waals surface area contributed by atoms with Crippen LogP contribution in [-0.2, 0) is 9.53 Å². The molecule has 0 spiro atoms. The Kier molecular flexibility index (Phi) is 7.56. The molecule has 0 aliphatic carbocycles. The molecule has 0 heterocycles. The molecule has 22 heavy (non-hydrogen) atoms. The summed E-state index contributed by atoms with van der Waals surface area (Å²) in [6.45, 7) is 5.10. The Hall–Kier alpha value is -1.92. The van der Waals surface area contributed by atoms with E-state index in [2.05, 4.69) is 10.6 Å². The van der Waals surface area contributed by atoms with Gasteiger partial charge in [-0.1, -0.05) is 17.7 Å². The first-order chi connectivity index (χ1) is 10.4. The van der Waals surface area contributed by atoms with Gasteiger partial charge in [0.1, 0.15) is 0 Å². The standard InChI is InChI=1S/C16H25N3O3/c1-12-6-8-14(9-7-12)17-16(21)18-15(20)13(2)19(3)10-5-11-22-4/h6-9,13H,5,10-11H2,1-4H3,(H2,17,18,20,21). The summed E-state index contributed by atoms with van der Waals surface area (Å²) >= 11 is 0. The Morgan fingerprint density at radius 3 is 2.50 bits per heavy atom. The maximum absolute atomic E-state index is 12.0. The second kappa shape index (κ2) is 9.17. The fraction of sp³-hybridized carbons (Fsp3) is 0.500. The van der Waals surface area contributed by atoms with Crippen LogP contribution in [0.25, 0.3) is 0 Å². The number of aryl methyl sites for hydroxylation is 1. The number of amides is 3. The van der Waals surface area contributed by atoms with Crippen molar-refractivity contribution >= 4 is 17.6 Å². The smallest absolute Gasteiger partial charge is 0.325 e. The van der Waals surface area contributed by atoms with Gasteiger partial charge in [0.25, 0.3) is 0 Å². The molecule has 1 unspecified atom stereocenters. The zero-order valence-electron chi connectivity index (χ0n) is 13.7. The molecule has 2 N–H and O–H groups in total. The fourth-order valence-electron chi connectivity index (χ4n) is 1.87. The molecule has 1 atom stereocenters. The van der Waals surface area contributed by atoms with E-state index in [-0.39, 0.29) is 11.9 Å². The molecular formula is C16H25N3O3. The highest BCUT2D eigenvalue weighted by Crippen LogP contribution is 2.08. The van der Waals surface area contributed by atoms with Crippen molar-refractivity contribution in [1.29, 1.82) is 0 Å². The number of anilines is 1. The Morgan fingerprint density at radius 1 is 1.27 bits per heavy atom. The van der Waals surface area contributed by atoms with Crippen LogP contribution >= 0.6 is 0 Å². The maximum Gasteiger partial charge on any atom is 0.325 e. The van der Waals surface area contributed by atoms with Gasteiger partial charge in [0, 0.05) is 25.9 Å². The van der Waals surface area contributed by atoms with E-state index in [9.17, 15) is 9.59 Å². The summed E-state index contributed by atoms with van der Waals surface area (Å²) in [6, 6.07) is 6.46. The number of benzene rings is 1. The van der Waals surface area contributed by atoms with Gasteiger partial charge in [0.15, 0.2) is 0 Å². The number of carbonyl (C=O) groups excluding carboxylic acids is 2. The quantitative estimate of drug-likeness (QED) is 0.756. The van der Waals surface area contributed by atoms with E-state index in [4.69, 9.17) is 4.74 Å². The van der Waals surface area contributed by atoms with Crippen LogP contribution in [0.1, 0.15) is 18.9 Å². The number of hydrogen-bond donors (Lipinski definition) is 2. The molecular weight excluding hydrogens is 282 g/mol. The molecule has 0 saturated heterocycles. The summed E-state index contributed by atoms with van der Waals surface area (Å²) in [5, 5.41) is 4.99. The maximum atomic E-state index is 12.0. The third kappa shape index (κ3) is 6.24. The summed E-state index contributed by atoms with van der Waals surface area (Å²) in [7, 11) is 3.49. The number of methoxy groups -OCH3 is 1. The molecule has 1 rings (SSSR count). The van der Waals surface area contributed by atoms with Crippen LogP contribution in [0.5, 0.6) is 0 Å². The van der Waals surface area contributed by atoms with Gasteiger partial charge < -0.3 is 10.1 Å². The van der Waals surface area contributed by atoms with Crippen molar-refractivity contribution in [3.63, 3.8) is 0 Å². The van der Waals surface area contributed by atoms with Crippen molar-refractivity contribution in [2.75, 3.05) is 32.6 Å². The topological polar surface area (TPSA) is 70.7 Å². The molecule has 0 aliphatic rings. The zero-order valence-corrected chi connectivity index (χ0v) is 13.7. The van der Waals surface area contributed by atoms with Gasteiger partial charge >= 0.3 is 6.03 Å². The van der Waals surface area contributed by atoms with Crippen LogP contribution in [0, 0.1) is 6.92 Å². The lowest BCUT2D eigenvalue weighted by Crippen LogP contribution is -2.47. The number of nitrogens with one attached hydrogen (secondary N) is 2. The van der Waals surface area contributed by atoms with Crippen molar-refractivity contribution in [2.24, 2.45) is 0 Å². The molecule has 1 aromatic rings. The van der Waals surface area contributed by atoms with Gasteiger partial charge in [-0.2, -0.15) is 0 Å². The van der Waals surface area contributed by atoms with Crippen LogP contribution < -0.4 is 10.6 Å². The van der Waals surface area contributed by atoms with Crippen molar-refractivity contribution in [3.8, 4) is 0 Å². The SMILES string of the molecule is COCCCN(C)C(C)C(=O)NC(=O)Nc1ccc(C)cc1. The summed E-state index contributed by atoms with van der Waals surface area (Å²) in [5.74, 6) is -0.329. The Labute approximate surface area is 131 Å². The average molecular weight is 307 g/mol. The minimum absolute atomic E-state index is 0.329. The Bertz CT molecular complexity index is 488. The molecule has 0 aromatic heterocycles. The molecule has 0 radical (unpaired) electrons. The monoisotopic (exact) mass is 307 g/mol. The van der Waals surface area contributed by atoms with Gasteiger partial charge in [0.2, 0.25) is 5.91 Å². The van der Waals surface area contributed by atoms with E-state index >= 15 is 0 Å². The van der Waals surface area contributed by atoms with Gasteiger partial charge in [0.05, 0.1) is 6.04 Å². The molecule has 1 aromatic carbocycles. The first kappa shape index (κ1) is 18.1. The lowest BCUT2D eigenvalue weighted by molar-refractivity contribution is -0.124. The Morgan fingerprint density at radius 2 is 1.91 bits per heavy atom. The normalized spacial score (nSPS) is 12.0. The van der Waals surface area contributed by atoms with Crippen LogP contribution in [-0.4, -0.2) is 50.2 Å². The third-order valence-electron chi connectivity index (χ3n) is 3.45. The van der Waals surface area contributed by atoms with E-state index in [1.165, 1.54) is 0 Å². The number of rotatable bonds is 7. The summed E-state index contributed by atoms with van der Waals surface area (Å²) < 4.78 is 4.98. The first-order valence-electron chi connectivity index (χ1n) is 7.31. The lowest BCUT2D eigenvalue weighted by atomic mass is 10.2. The number of carbonyl (C=O) groups is 2. The predicted octanol–water partition coefficient (Wildman–Crippen LogP) is 2.00. The lowest BCUT2D eigenvalue weighted by Gasteiger charge is -2.23. The Balaban J connectivity index is 2.42. The van der Waals surface area contributed by atoms with Crippen molar-refractivity contribution in [1.82, 2.24) is 10.2 Å². The van der Waals surface area contributed by atoms with Gasteiger partial charge in [-0.3, -0.25) is 15.0 Å². The average Bonchev–Trinajstić information content (AvgIpc) is 2.48. The number of ether oxygens (including phenoxy) is 1. The number of nitrogens with zero attached hydrogens (tertiary/aromatic N) is 1. The largest absolute Gasteiger partial charge is 0.385 e. The second-order valence-electron chi connectivity index (χ2n) is 5.31. The van der Waals surface area contributed by atoms with Gasteiger partial charge in [-0.25, -0.2) is 4.79 Å². The number of urea groups is 1. The molecule has 0 fully saturated rings. The molecule has 3 amide bonds. The van der Waals surface area contributed by atoms with Crippen LogP contribution in [0.4, 0.5) is 10.5 Å². The van der Waals surface area contributed by atoms with Crippen LogP contribution in [0.3, 0.4) is 0 Å². The molecule has 0 bridgehead atoms. The minimum Gasteiger partial charge on any atom is -0.385 e. The minimum atomic E-state index is -0.522. The highest BCUT2D eigenvalue weighted by molar-refractivity contribution is 6.02.